The first kappa shape index (κ1) is 28.8. The first-order chi connectivity index (χ1) is 16.6. The number of alkyl carbamates (subject to hydrolysis) is 1. The van der Waals surface area contributed by atoms with Gasteiger partial charge in [0.15, 0.2) is 0 Å². The SMILES string of the molecule is CC(C)(C)OC(=O)N[C@@H](C(=O)OC[C@H]1O[C@@](C#N)(c2ccc(C(N)=NC=N)[nH]2)[C@H](O)[C@@H]1O)C(C)(C)C. The van der Waals surface area contributed by atoms with Crippen molar-refractivity contribution in [1.29, 1.82) is 10.7 Å². The van der Waals surface area contributed by atoms with Gasteiger partial charge in [0.1, 0.15) is 54.8 Å². The van der Waals surface area contributed by atoms with Crippen molar-refractivity contribution in [1.82, 2.24) is 10.3 Å². The molecule has 1 amide bonds. The molecule has 0 saturated carbocycles. The van der Waals surface area contributed by atoms with Gasteiger partial charge in [0.05, 0.1) is 11.4 Å². The number of nitrogens with zero attached hydrogens (tertiary/aromatic N) is 2. The number of nitrogens with two attached hydrogens (primary N) is 1. The van der Waals surface area contributed by atoms with E-state index in [4.69, 9.17) is 25.4 Å². The monoisotopic (exact) mass is 506 g/mol. The van der Waals surface area contributed by atoms with Gasteiger partial charge in [-0.1, -0.05) is 20.8 Å². The zero-order chi connectivity index (χ0) is 27.5. The molecule has 0 spiro atoms. The number of carbonyl (C=O) groups excluding carboxylic acids is 2. The van der Waals surface area contributed by atoms with Crippen molar-refractivity contribution in [3.8, 4) is 6.07 Å². The highest BCUT2D eigenvalue weighted by Gasteiger charge is 2.57. The van der Waals surface area contributed by atoms with Crippen LogP contribution >= 0.6 is 0 Å². The third-order valence-corrected chi connectivity index (χ3v) is 5.34. The van der Waals surface area contributed by atoms with Crippen LogP contribution in [-0.2, 0) is 24.6 Å². The fraction of sp³-hybridized carbons (Fsp3) is 0.609. The number of rotatable bonds is 7. The smallest absolute Gasteiger partial charge is 0.408 e. The average molecular weight is 507 g/mol. The Hall–Kier alpha value is -3.47. The minimum atomic E-state index is -2.02. The number of carbonyl (C=O) groups is 2. The van der Waals surface area contributed by atoms with E-state index >= 15 is 0 Å². The summed E-state index contributed by atoms with van der Waals surface area (Å²) in [6, 6.07) is 3.67. The third-order valence-electron chi connectivity index (χ3n) is 5.34. The fourth-order valence-corrected chi connectivity index (χ4v) is 3.53. The van der Waals surface area contributed by atoms with Crippen molar-refractivity contribution in [2.24, 2.45) is 16.1 Å². The van der Waals surface area contributed by atoms with Crippen LogP contribution < -0.4 is 11.1 Å². The second-order valence-corrected chi connectivity index (χ2v) is 10.4. The van der Waals surface area contributed by atoms with E-state index in [0.717, 1.165) is 6.34 Å². The molecular formula is C23H34N6O7. The van der Waals surface area contributed by atoms with Gasteiger partial charge >= 0.3 is 12.1 Å². The second kappa shape index (κ2) is 10.7. The molecule has 2 heterocycles. The van der Waals surface area contributed by atoms with E-state index in [1.807, 2.05) is 6.07 Å². The van der Waals surface area contributed by atoms with E-state index in [-0.39, 0.29) is 17.2 Å². The number of nitriles is 1. The number of amidine groups is 1. The minimum Gasteiger partial charge on any atom is -0.461 e. The average Bonchev–Trinajstić information content (AvgIpc) is 3.34. The molecule has 36 heavy (non-hydrogen) atoms. The topological polar surface area (TPSA) is 216 Å². The lowest BCUT2D eigenvalue weighted by atomic mass is 9.87. The van der Waals surface area contributed by atoms with Crippen molar-refractivity contribution in [2.75, 3.05) is 6.61 Å². The van der Waals surface area contributed by atoms with E-state index in [0.29, 0.717) is 0 Å². The summed E-state index contributed by atoms with van der Waals surface area (Å²) in [5, 5.41) is 40.6. The maximum atomic E-state index is 12.9. The number of amides is 1. The Kier molecular flexibility index (Phi) is 8.51. The van der Waals surface area contributed by atoms with E-state index < -0.39 is 59.6 Å². The lowest BCUT2D eigenvalue weighted by Crippen LogP contribution is -2.51. The van der Waals surface area contributed by atoms with Crippen LogP contribution in [0.3, 0.4) is 0 Å². The van der Waals surface area contributed by atoms with Gasteiger partial charge in [-0.05, 0) is 38.3 Å². The van der Waals surface area contributed by atoms with Crippen LogP contribution in [0.15, 0.2) is 17.1 Å². The lowest BCUT2D eigenvalue weighted by molar-refractivity contribution is -0.155. The summed E-state index contributed by atoms with van der Waals surface area (Å²) in [5.41, 5.74) is 2.55. The number of aliphatic hydroxyl groups is 2. The molecule has 1 fully saturated rings. The Balaban J connectivity index is 2.17. The normalized spacial score (nSPS) is 25.5. The van der Waals surface area contributed by atoms with Crippen LogP contribution in [0.2, 0.25) is 0 Å². The van der Waals surface area contributed by atoms with Crippen LogP contribution in [0.25, 0.3) is 0 Å². The van der Waals surface area contributed by atoms with Crippen molar-refractivity contribution < 1.29 is 34.0 Å². The number of hydrogen-bond donors (Lipinski definition) is 6. The van der Waals surface area contributed by atoms with Gasteiger partial charge in [-0.25, -0.2) is 14.6 Å². The van der Waals surface area contributed by atoms with E-state index in [2.05, 4.69) is 15.3 Å². The number of aromatic nitrogens is 1. The molecule has 1 aromatic rings. The van der Waals surface area contributed by atoms with E-state index in [1.165, 1.54) is 12.1 Å². The van der Waals surface area contributed by atoms with E-state index in [9.17, 15) is 25.1 Å². The number of esters is 1. The molecule has 0 aromatic carbocycles. The first-order valence-corrected chi connectivity index (χ1v) is 11.2. The molecule has 0 aliphatic carbocycles. The highest BCUT2D eigenvalue weighted by atomic mass is 16.6. The summed E-state index contributed by atoms with van der Waals surface area (Å²) in [6.07, 6.45) is -4.59. The highest BCUT2D eigenvalue weighted by Crippen LogP contribution is 2.39. The molecule has 1 saturated heterocycles. The van der Waals surface area contributed by atoms with Gasteiger partial charge in [0.2, 0.25) is 5.60 Å². The van der Waals surface area contributed by atoms with Crippen molar-refractivity contribution in [3.05, 3.63) is 23.5 Å². The first-order valence-electron chi connectivity index (χ1n) is 11.2. The fourth-order valence-electron chi connectivity index (χ4n) is 3.53. The predicted molar refractivity (Wildman–Crippen MR) is 128 cm³/mol. The molecule has 0 unspecified atom stereocenters. The summed E-state index contributed by atoms with van der Waals surface area (Å²) in [4.78, 5) is 31.5. The summed E-state index contributed by atoms with van der Waals surface area (Å²) in [6.45, 7) is 9.71. The summed E-state index contributed by atoms with van der Waals surface area (Å²) in [7, 11) is 0. The lowest BCUT2D eigenvalue weighted by Gasteiger charge is -2.31. The van der Waals surface area contributed by atoms with Gasteiger partial charge in [0.25, 0.3) is 0 Å². The van der Waals surface area contributed by atoms with Gasteiger partial charge in [0, 0.05) is 0 Å². The third kappa shape index (κ3) is 6.39. The maximum Gasteiger partial charge on any atom is 0.408 e. The Morgan fingerprint density at radius 2 is 2.00 bits per heavy atom. The Bertz CT molecular complexity index is 1050. The maximum absolute atomic E-state index is 12.9. The molecule has 2 rings (SSSR count). The highest BCUT2D eigenvalue weighted by molar-refractivity contribution is 5.99. The van der Waals surface area contributed by atoms with Crippen LogP contribution in [-0.4, -0.2) is 76.0 Å². The summed E-state index contributed by atoms with van der Waals surface area (Å²) >= 11 is 0. The van der Waals surface area contributed by atoms with Crippen LogP contribution in [0.4, 0.5) is 4.79 Å². The quantitative estimate of drug-likeness (QED) is 0.173. The number of aliphatic hydroxyl groups excluding tert-OH is 2. The molecule has 1 aliphatic heterocycles. The number of aliphatic imine (C=N–C) groups is 1. The Morgan fingerprint density at radius 1 is 1.36 bits per heavy atom. The van der Waals surface area contributed by atoms with Crippen molar-refractivity contribution >= 4 is 24.2 Å². The Morgan fingerprint density at radius 3 is 2.53 bits per heavy atom. The standard InChI is InChI=1S/C23H34N6O7/c1-21(2,3)16(29-20(33)36-22(4,5)6)19(32)34-9-13-15(30)17(31)23(10-24,35-13)14-8-7-12(28-14)18(26)27-11-25/h7-8,11,13,15-17,28,30-31H,9H2,1-6H3,(H,29,33)(H3,25,26,27)/t13-,15-,16+,17-,23+/m1/s1. The molecule has 1 aromatic heterocycles. The molecule has 0 bridgehead atoms. The van der Waals surface area contributed by atoms with Crippen molar-refractivity contribution in [2.45, 2.75) is 77.1 Å². The molecule has 7 N–H and O–H groups in total. The van der Waals surface area contributed by atoms with Crippen LogP contribution in [0.5, 0.6) is 0 Å². The number of nitrogens with one attached hydrogen (secondary N) is 3. The predicted octanol–water partition coefficient (Wildman–Crippen LogP) is 0.649. The minimum absolute atomic E-state index is 0.0337. The molecule has 5 atom stereocenters. The van der Waals surface area contributed by atoms with Gasteiger partial charge in [-0.2, -0.15) is 5.26 Å². The number of aromatic amines is 1. The van der Waals surface area contributed by atoms with Crippen LogP contribution in [0.1, 0.15) is 52.9 Å². The molecule has 1 aliphatic rings. The van der Waals surface area contributed by atoms with Gasteiger partial charge < -0.3 is 40.5 Å². The van der Waals surface area contributed by atoms with Crippen LogP contribution in [0, 0.1) is 22.2 Å². The van der Waals surface area contributed by atoms with Crippen molar-refractivity contribution in [3.63, 3.8) is 0 Å². The summed E-state index contributed by atoms with van der Waals surface area (Å²) in [5.74, 6) is -0.848. The van der Waals surface area contributed by atoms with Gasteiger partial charge in [-0.3, -0.25) is 5.41 Å². The molecular weight excluding hydrogens is 472 g/mol. The number of hydrogen-bond acceptors (Lipinski definition) is 9. The van der Waals surface area contributed by atoms with E-state index in [1.54, 1.807) is 41.5 Å². The largest absolute Gasteiger partial charge is 0.461 e. The van der Waals surface area contributed by atoms with Gasteiger partial charge in [-0.15, -0.1) is 0 Å². The second-order valence-electron chi connectivity index (χ2n) is 10.4. The number of ether oxygens (including phenoxy) is 3. The summed E-state index contributed by atoms with van der Waals surface area (Å²) < 4.78 is 16.3. The number of H-pyrrole nitrogens is 1. The molecule has 0 radical (unpaired) electrons. The Labute approximate surface area is 209 Å². The molecule has 13 nitrogen and oxygen atoms in total. The molecule has 13 heteroatoms. The zero-order valence-corrected chi connectivity index (χ0v) is 21.2. The molecule has 198 valence electrons. The zero-order valence-electron chi connectivity index (χ0n) is 21.2.